The minimum Gasteiger partial charge on any atom is -0.308 e. The number of nitrogen functional groups attached to an aromatic ring is 1. The van der Waals surface area contributed by atoms with Crippen LogP contribution in [0.15, 0.2) is 12.1 Å². The van der Waals surface area contributed by atoms with Crippen LogP contribution in [0.25, 0.3) is 0 Å². The smallest absolute Gasteiger partial charge is 0.308 e. The number of nitrogens with zero attached hydrogens (tertiary/aromatic N) is 2. The van der Waals surface area contributed by atoms with Gasteiger partial charge >= 0.3 is 6.18 Å². The summed E-state index contributed by atoms with van der Waals surface area (Å²) in [4.78, 5) is 16.3. The van der Waals surface area contributed by atoms with Gasteiger partial charge in [-0.15, -0.1) is 0 Å². The Morgan fingerprint density at radius 2 is 2.11 bits per heavy atom. The Hall–Kier alpha value is -1.83. The van der Waals surface area contributed by atoms with Crippen molar-refractivity contribution in [3.63, 3.8) is 0 Å². The molecule has 3 N–H and O–H groups in total. The zero-order valence-electron chi connectivity index (χ0n) is 9.29. The molecule has 1 amide bonds. The maximum absolute atomic E-state index is 12.8. The van der Waals surface area contributed by atoms with Crippen LogP contribution in [-0.4, -0.2) is 17.4 Å². The molecule has 1 aromatic heterocycles. The largest absolute Gasteiger partial charge is 0.419 e. The molecule has 5 nitrogen and oxygen atoms in total. The van der Waals surface area contributed by atoms with Crippen molar-refractivity contribution in [1.29, 1.82) is 0 Å². The quantitative estimate of drug-likeness (QED) is 0.624. The maximum Gasteiger partial charge on any atom is 0.419 e. The number of hydrogen-bond acceptors (Lipinski definition) is 4. The van der Waals surface area contributed by atoms with Crippen molar-refractivity contribution in [2.45, 2.75) is 19.0 Å². The Kier molecular flexibility index (Phi) is 3.12. The highest BCUT2D eigenvalue weighted by molar-refractivity contribution is 5.95. The van der Waals surface area contributed by atoms with Crippen LogP contribution in [0.1, 0.15) is 18.4 Å². The molecule has 0 spiro atoms. The van der Waals surface area contributed by atoms with Crippen molar-refractivity contribution in [2.75, 3.05) is 16.9 Å². The van der Waals surface area contributed by atoms with Gasteiger partial charge in [0.2, 0.25) is 5.91 Å². The normalized spacial score (nSPS) is 16.2. The molecule has 1 saturated heterocycles. The molecule has 1 aromatic rings. The van der Waals surface area contributed by atoms with Crippen LogP contribution in [0, 0.1) is 0 Å². The molecule has 98 valence electrons. The molecule has 8 heteroatoms. The summed E-state index contributed by atoms with van der Waals surface area (Å²) in [7, 11) is 0. The van der Waals surface area contributed by atoms with Gasteiger partial charge < -0.3 is 5.43 Å². The van der Waals surface area contributed by atoms with Gasteiger partial charge in [0.1, 0.15) is 11.6 Å². The summed E-state index contributed by atoms with van der Waals surface area (Å²) in [6.07, 6.45) is -3.80. The molecule has 1 aliphatic heterocycles. The highest BCUT2D eigenvalue weighted by Crippen LogP contribution is 2.37. The Bertz CT molecular complexity index is 475. The molecule has 0 unspecified atom stereocenters. The first-order valence-corrected chi connectivity index (χ1v) is 5.28. The molecule has 2 rings (SSSR count). The summed E-state index contributed by atoms with van der Waals surface area (Å²) in [5, 5.41) is 0. The number of rotatable bonds is 2. The van der Waals surface area contributed by atoms with Gasteiger partial charge in [-0.3, -0.25) is 9.69 Å². The van der Waals surface area contributed by atoms with Crippen LogP contribution in [0.2, 0.25) is 0 Å². The molecule has 0 radical (unpaired) electrons. The van der Waals surface area contributed by atoms with Crippen molar-refractivity contribution in [2.24, 2.45) is 5.84 Å². The molecule has 0 bridgehead atoms. The van der Waals surface area contributed by atoms with E-state index in [1.165, 1.54) is 0 Å². The average molecular weight is 260 g/mol. The summed E-state index contributed by atoms with van der Waals surface area (Å²) >= 11 is 0. The second-order valence-electron chi connectivity index (χ2n) is 3.86. The third-order valence-electron chi connectivity index (χ3n) is 2.66. The predicted octanol–water partition coefficient (Wildman–Crippen LogP) is 1.51. The predicted molar refractivity (Wildman–Crippen MR) is 58.6 cm³/mol. The minimum absolute atomic E-state index is 0.0812. The lowest BCUT2D eigenvalue weighted by Gasteiger charge is -2.20. The maximum atomic E-state index is 12.8. The van der Waals surface area contributed by atoms with E-state index in [0.717, 1.165) is 17.0 Å². The van der Waals surface area contributed by atoms with Gasteiger partial charge in [0.25, 0.3) is 0 Å². The van der Waals surface area contributed by atoms with E-state index in [9.17, 15) is 18.0 Å². The lowest BCUT2D eigenvalue weighted by molar-refractivity contribution is -0.137. The number of anilines is 2. The molecule has 0 aliphatic carbocycles. The van der Waals surface area contributed by atoms with Crippen molar-refractivity contribution in [3.8, 4) is 0 Å². The van der Waals surface area contributed by atoms with Gasteiger partial charge in [-0.2, -0.15) is 13.2 Å². The fourth-order valence-corrected chi connectivity index (χ4v) is 1.83. The van der Waals surface area contributed by atoms with Crippen LogP contribution in [-0.2, 0) is 11.0 Å². The number of nitrogens with two attached hydrogens (primary N) is 1. The monoisotopic (exact) mass is 260 g/mol. The van der Waals surface area contributed by atoms with Crippen LogP contribution < -0.4 is 16.2 Å². The highest BCUT2D eigenvalue weighted by atomic mass is 19.4. The van der Waals surface area contributed by atoms with Gasteiger partial charge in [-0.05, 0) is 18.6 Å². The third-order valence-corrected chi connectivity index (χ3v) is 2.66. The number of carbonyl (C=O) groups excluding carboxylic acids is 1. The number of pyridine rings is 1. The van der Waals surface area contributed by atoms with Crippen LogP contribution in [0.3, 0.4) is 0 Å². The molecule has 2 heterocycles. The molecular formula is C10H11F3N4O. The van der Waals surface area contributed by atoms with Gasteiger partial charge in [0, 0.05) is 13.0 Å². The topological polar surface area (TPSA) is 71.2 Å². The number of halogens is 3. The number of nitrogens with one attached hydrogen (secondary N) is 1. The fraction of sp³-hybridized carbons (Fsp3) is 0.400. The lowest BCUT2D eigenvalue weighted by atomic mass is 10.2. The third kappa shape index (κ3) is 2.23. The van der Waals surface area contributed by atoms with Crippen LogP contribution in [0.4, 0.5) is 24.8 Å². The summed E-state index contributed by atoms with van der Waals surface area (Å²) in [5.74, 6) is 4.45. The number of alkyl halides is 3. The van der Waals surface area contributed by atoms with Gasteiger partial charge in [-0.1, -0.05) is 0 Å². The molecule has 0 atom stereocenters. The second kappa shape index (κ2) is 4.45. The second-order valence-corrected chi connectivity index (χ2v) is 3.86. The molecular weight excluding hydrogens is 249 g/mol. The minimum atomic E-state index is -4.56. The number of carbonyl (C=O) groups is 1. The fourth-order valence-electron chi connectivity index (χ4n) is 1.83. The Morgan fingerprint density at radius 3 is 2.61 bits per heavy atom. The summed E-state index contributed by atoms with van der Waals surface area (Å²) in [6.45, 7) is 0.239. The average Bonchev–Trinajstić information content (AvgIpc) is 2.73. The zero-order chi connectivity index (χ0) is 13.3. The van der Waals surface area contributed by atoms with Crippen LogP contribution in [0.5, 0.6) is 0 Å². The Balaban J connectivity index is 2.50. The summed E-state index contributed by atoms with van der Waals surface area (Å²) in [6, 6.07) is 1.98. The van der Waals surface area contributed by atoms with Crippen molar-refractivity contribution in [1.82, 2.24) is 4.98 Å². The summed E-state index contributed by atoms with van der Waals surface area (Å²) in [5.41, 5.74) is 1.23. The van der Waals surface area contributed by atoms with Crippen molar-refractivity contribution < 1.29 is 18.0 Å². The van der Waals surface area contributed by atoms with E-state index in [2.05, 4.69) is 10.4 Å². The highest BCUT2D eigenvalue weighted by Gasteiger charge is 2.38. The molecule has 1 fully saturated rings. The Morgan fingerprint density at radius 1 is 1.39 bits per heavy atom. The van der Waals surface area contributed by atoms with Crippen molar-refractivity contribution >= 4 is 17.5 Å². The van der Waals surface area contributed by atoms with E-state index in [0.29, 0.717) is 6.42 Å². The van der Waals surface area contributed by atoms with E-state index >= 15 is 0 Å². The van der Waals surface area contributed by atoms with E-state index in [1.54, 1.807) is 0 Å². The van der Waals surface area contributed by atoms with E-state index < -0.39 is 11.7 Å². The number of amides is 1. The first kappa shape index (κ1) is 12.6. The first-order chi connectivity index (χ1) is 8.43. The van der Waals surface area contributed by atoms with Crippen molar-refractivity contribution in [3.05, 3.63) is 17.7 Å². The number of hydrazine groups is 1. The molecule has 0 aromatic carbocycles. The molecule has 18 heavy (non-hydrogen) atoms. The molecule has 0 saturated carbocycles. The Labute approximate surface area is 101 Å². The SMILES string of the molecule is NNc1ccc(C(F)(F)F)c(N2CCCC2=O)n1. The van der Waals surface area contributed by atoms with Gasteiger partial charge in [0.05, 0.1) is 5.56 Å². The number of aromatic nitrogens is 1. The van der Waals surface area contributed by atoms with E-state index in [-0.39, 0.29) is 30.5 Å². The number of hydrogen-bond donors (Lipinski definition) is 2. The first-order valence-electron chi connectivity index (χ1n) is 5.28. The van der Waals surface area contributed by atoms with E-state index in [1.807, 2.05) is 0 Å². The summed E-state index contributed by atoms with van der Waals surface area (Å²) < 4.78 is 38.5. The van der Waals surface area contributed by atoms with Gasteiger partial charge in [-0.25, -0.2) is 10.8 Å². The van der Waals surface area contributed by atoms with Gasteiger partial charge in [0.15, 0.2) is 0 Å². The van der Waals surface area contributed by atoms with E-state index in [4.69, 9.17) is 5.84 Å². The zero-order valence-corrected chi connectivity index (χ0v) is 9.29. The van der Waals surface area contributed by atoms with Crippen LogP contribution >= 0.6 is 0 Å². The molecule has 1 aliphatic rings. The lowest BCUT2D eigenvalue weighted by Crippen LogP contribution is -2.28. The standard InChI is InChI=1S/C10H11F3N4O/c11-10(12,13)6-3-4-7(16-14)15-9(6)17-5-1-2-8(17)18/h3-4H,1-2,5,14H2,(H,15,16).